The zero-order chi connectivity index (χ0) is 19.0. The predicted octanol–water partition coefficient (Wildman–Crippen LogP) is 3.45. The van der Waals surface area contributed by atoms with E-state index in [1.807, 2.05) is 61.5 Å². The van der Waals surface area contributed by atoms with Gasteiger partial charge in [0.2, 0.25) is 0 Å². The van der Waals surface area contributed by atoms with Gasteiger partial charge in [0.1, 0.15) is 6.04 Å². The lowest BCUT2D eigenvalue weighted by molar-refractivity contribution is -0.121. The van der Waals surface area contributed by atoms with E-state index in [1.54, 1.807) is 17.9 Å². The second-order valence-corrected chi connectivity index (χ2v) is 6.93. The van der Waals surface area contributed by atoms with E-state index >= 15 is 0 Å². The Kier molecular flexibility index (Phi) is 4.36. The topological polar surface area (TPSA) is 55.2 Å². The van der Waals surface area contributed by atoms with Crippen LogP contribution in [0.3, 0.4) is 0 Å². The zero-order valence-corrected chi connectivity index (χ0v) is 15.4. The highest BCUT2D eigenvalue weighted by molar-refractivity contribution is 5.98. The number of benzene rings is 2. The molecule has 1 amide bonds. The van der Waals surface area contributed by atoms with Crippen molar-refractivity contribution in [2.75, 3.05) is 4.90 Å². The number of rotatable bonds is 3. The van der Waals surface area contributed by atoms with Crippen molar-refractivity contribution >= 4 is 11.6 Å². The van der Waals surface area contributed by atoms with E-state index < -0.39 is 6.04 Å². The molecule has 0 radical (unpaired) electrons. The number of anilines is 1. The molecule has 0 bridgehead atoms. The van der Waals surface area contributed by atoms with Crippen LogP contribution in [-0.4, -0.2) is 21.7 Å². The number of carbonyl (C=O) groups excluding carboxylic acids is 1. The fraction of sp³-hybridized carbons (Fsp3) is 0.227. The standard InChI is InChI=1S/C22H21N3O2/c1-15-14-18-10-6-7-11-20(18)24(15)22(27)16(2)25-21(26)13-12-19(23-25)17-8-4-3-5-9-17/h3-13,15-16H,14H2,1-2H3/t15-,16+/m0/s1. The molecule has 1 aliphatic rings. The highest BCUT2D eigenvalue weighted by Gasteiger charge is 2.34. The SMILES string of the molecule is C[C@H](C(=O)N1c2ccccc2C[C@@H]1C)n1nc(-c2ccccc2)ccc1=O. The number of fused-ring (bicyclic) bond motifs is 1. The molecule has 0 N–H and O–H groups in total. The molecule has 1 aliphatic heterocycles. The molecule has 0 fully saturated rings. The molecule has 2 heterocycles. The lowest BCUT2D eigenvalue weighted by atomic mass is 10.1. The summed E-state index contributed by atoms with van der Waals surface area (Å²) in [5.41, 5.74) is 3.38. The van der Waals surface area contributed by atoms with E-state index in [0.717, 1.165) is 23.2 Å². The molecule has 0 spiro atoms. The zero-order valence-electron chi connectivity index (χ0n) is 15.4. The van der Waals surface area contributed by atoms with Crippen LogP contribution < -0.4 is 10.5 Å². The molecular formula is C22H21N3O2. The Morgan fingerprint density at radius 3 is 2.52 bits per heavy atom. The summed E-state index contributed by atoms with van der Waals surface area (Å²) in [4.78, 5) is 27.5. The van der Waals surface area contributed by atoms with Crippen molar-refractivity contribution in [1.82, 2.24) is 9.78 Å². The fourth-order valence-electron chi connectivity index (χ4n) is 3.67. The second-order valence-electron chi connectivity index (χ2n) is 6.93. The van der Waals surface area contributed by atoms with Gasteiger partial charge >= 0.3 is 0 Å². The van der Waals surface area contributed by atoms with E-state index in [1.165, 1.54) is 10.7 Å². The molecule has 0 saturated heterocycles. The summed E-state index contributed by atoms with van der Waals surface area (Å²) in [5, 5.41) is 4.47. The van der Waals surface area contributed by atoms with Gasteiger partial charge in [-0.2, -0.15) is 5.10 Å². The maximum atomic E-state index is 13.2. The summed E-state index contributed by atoms with van der Waals surface area (Å²) in [6, 6.07) is 20.1. The molecule has 136 valence electrons. The van der Waals surface area contributed by atoms with Gasteiger partial charge in [0, 0.05) is 23.4 Å². The maximum absolute atomic E-state index is 13.2. The van der Waals surface area contributed by atoms with Gasteiger partial charge in [0.05, 0.1) is 5.69 Å². The van der Waals surface area contributed by atoms with Crippen LogP contribution >= 0.6 is 0 Å². The van der Waals surface area contributed by atoms with Crippen molar-refractivity contribution in [3.63, 3.8) is 0 Å². The van der Waals surface area contributed by atoms with Crippen LogP contribution in [0.15, 0.2) is 71.5 Å². The summed E-state index contributed by atoms with van der Waals surface area (Å²) >= 11 is 0. The van der Waals surface area contributed by atoms with Crippen molar-refractivity contribution in [3.8, 4) is 11.3 Å². The molecular weight excluding hydrogens is 338 g/mol. The lowest BCUT2D eigenvalue weighted by Gasteiger charge is -2.26. The molecule has 5 heteroatoms. The smallest absolute Gasteiger partial charge is 0.267 e. The fourth-order valence-corrected chi connectivity index (χ4v) is 3.67. The van der Waals surface area contributed by atoms with Gasteiger partial charge in [-0.05, 0) is 38.0 Å². The van der Waals surface area contributed by atoms with Crippen molar-refractivity contribution in [2.45, 2.75) is 32.4 Å². The van der Waals surface area contributed by atoms with Crippen LogP contribution in [0.25, 0.3) is 11.3 Å². The van der Waals surface area contributed by atoms with E-state index in [2.05, 4.69) is 5.10 Å². The van der Waals surface area contributed by atoms with E-state index in [0.29, 0.717) is 5.69 Å². The summed E-state index contributed by atoms with van der Waals surface area (Å²) in [5.74, 6) is -0.118. The summed E-state index contributed by atoms with van der Waals surface area (Å²) in [6.07, 6.45) is 0.820. The third-order valence-corrected chi connectivity index (χ3v) is 5.06. The Balaban J connectivity index is 1.70. The number of hydrogen-bond donors (Lipinski definition) is 0. The summed E-state index contributed by atoms with van der Waals surface area (Å²) < 4.78 is 1.29. The summed E-state index contributed by atoms with van der Waals surface area (Å²) in [6.45, 7) is 3.76. The van der Waals surface area contributed by atoms with Gasteiger partial charge in [-0.25, -0.2) is 4.68 Å². The minimum absolute atomic E-state index is 0.0605. The predicted molar refractivity (Wildman–Crippen MR) is 106 cm³/mol. The first-order chi connectivity index (χ1) is 13.1. The first kappa shape index (κ1) is 17.2. The molecule has 2 atom stereocenters. The lowest BCUT2D eigenvalue weighted by Crippen LogP contribution is -2.42. The van der Waals surface area contributed by atoms with Crippen LogP contribution in [0, 0.1) is 0 Å². The maximum Gasteiger partial charge on any atom is 0.267 e. The van der Waals surface area contributed by atoms with E-state index in [9.17, 15) is 9.59 Å². The van der Waals surface area contributed by atoms with Crippen molar-refractivity contribution < 1.29 is 4.79 Å². The first-order valence-electron chi connectivity index (χ1n) is 9.12. The largest absolute Gasteiger partial charge is 0.307 e. The molecule has 4 rings (SSSR count). The van der Waals surface area contributed by atoms with Gasteiger partial charge in [-0.15, -0.1) is 0 Å². The van der Waals surface area contributed by atoms with Crippen LogP contribution in [0.1, 0.15) is 25.5 Å². The van der Waals surface area contributed by atoms with Crippen molar-refractivity contribution in [1.29, 1.82) is 0 Å². The monoisotopic (exact) mass is 359 g/mol. The molecule has 0 saturated carbocycles. The Hall–Kier alpha value is -3.21. The Labute approximate surface area is 157 Å². The Morgan fingerprint density at radius 1 is 1.04 bits per heavy atom. The first-order valence-corrected chi connectivity index (χ1v) is 9.12. The minimum Gasteiger partial charge on any atom is -0.307 e. The minimum atomic E-state index is -0.685. The second kappa shape index (κ2) is 6.83. The number of para-hydroxylation sites is 1. The molecule has 2 aromatic carbocycles. The Morgan fingerprint density at radius 2 is 1.74 bits per heavy atom. The van der Waals surface area contributed by atoms with Gasteiger partial charge in [-0.1, -0.05) is 48.5 Å². The van der Waals surface area contributed by atoms with E-state index in [-0.39, 0.29) is 17.5 Å². The number of hydrogen-bond acceptors (Lipinski definition) is 3. The molecule has 1 aromatic heterocycles. The number of carbonyl (C=O) groups is 1. The van der Waals surface area contributed by atoms with Crippen LogP contribution in [0.5, 0.6) is 0 Å². The normalized spacial score (nSPS) is 16.8. The quantitative estimate of drug-likeness (QED) is 0.720. The Bertz CT molecular complexity index is 1040. The van der Waals surface area contributed by atoms with Crippen LogP contribution in [0.4, 0.5) is 5.69 Å². The third-order valence-electron chi connectivity index (χ3n) is 5.06. The average molecular weight is 359 g/mol. The van der Waals surface area contributed by atoms with Gasteiger partial charge in [0.25, 0.3) is 11.5 Å². The average Bonchev–Trinajstić information content (AvgIpc) is 3.03. The number of aromatic nitrogens is 2. The number of amides is 1. The molecule has 27 heavy (non-hydrogen) atoms. The third kappa shape index (κ3) is 3.05. The van der Waals surface area contributed by atoms with Gasteiger partial charge in [-0.3, -0.25) is 9.59 Å². The molecule has 5 nitrogen and oxygen atoms in total. The summed E-state index contributed by atoms with van der Waals surface area (Å²) in [7, 11) is 0. The van der Waals surface area contributed by atoms with E-state index in [4.69, 9.17) is 0 Å². The van der Waals surface area contributed by atoms with Gasteiger partial charge in [0.15, 0.2) is 0 Å². The highest BCUT2D eigenvalue weighted by Crippen LogP contribution is 2.33. The molecule has 0 unspecified atom stereocenters. The van der Waals surface area contributed by atoms with Crippen molar-refractivity contribution in [3.05, 3.63) is 82.6 Å². The number of nitrogens with zero attached hydrogens (tertiary/aromatic N) is 3. The van der Waals surface area contributed by atoms with Crippen LogP contribution in [-0.2, 0) is 11.2 Å². The van der Waals surface area contributed by atoms with Crippen molar-refractivity contribution in [2.24, 2.45) is 0 Å². The highest BCUT2D eigenvalue weighted by atomic mass is 16.2. The van der Waals surface area contributed by atoms with Crippen LogP contribution in [0.2, 0.25) is 0 Å². The van der Waals surface area contributed by atoms with Gasteiger partial charge < -0.3 is 4.90 Å². The molecule has 0 aliphatic carbocycles. The molecule has 3 aromatic rings.